The minimum atomic E-state index is -5.14. The second kappa shape index (κ2) is 35.4. The molecular weight excluding hydrogens is 843 g/mol. The molecule has 0 radical (unpaired) electrons. The molecule has 2 fully saturated rings. The SMILES string of the molecule is CC/C=C\CC1OC1C/C=C\C/C=C\C/C=C\C/C=C\CCC(=O)OC[C@H](COP(=O)(O)OC1[C@H](O)[C@H](O)C(O)[C@H](O)[C@H]1O)OC(=O)CCCCCCC/C=C\CCCCCCCC. The highest BCUT2D eigenvalue weighted by molar-refractivity contribution is 7.47. The minimum absolute atomic E-state index is 0.0336. The van der Waals surface area contributed by atoms with Gasteiger partial charge in [0.2, 0.25) is 0 Å². The second-order valence-corrected chi connectivity index (χ2v) is 18.0. The highest BCUT2D eigenvalue weighted by Gasteiger charge is 2.51. The van der Waals surface area contributed by atoms with Crippen molar-refractivity contribution in [3.05, 3.63) is 72.9 Å². The van der Waals surface area contributed by atoms with Crippen molar-refractivity contribution in [1.29, 1.82) is 0 Å². The molecule has 1 saturated heterocycles. The van der Waals surface area contributed by atoms with Crippen molar-refractivity contribution in [2.75, 3.05) is 13.2 Å². The molecule has 1 aliphatic carbocycles. The van der Waals surface area contributed by atoms with E-state index >= 15 is 0 Å². The molecule has 0 amide bonds. The predicted molar refractivity (Wildman–Crippen MR) is 248 cm³/mol. The quantitative estimate of drug-likeness (QED) is 0.0113. The zero-order valence-corrected chi connectivity index (χ0v) is 39.4. The normalized spacial score (nSPS) is 25.4. The lowest BCUT2D eigenvalue weighted by atomic mass is 9.85. The van der Waals surface area contributed by atoms with E-state index in [4.69, 9.17) is 23.3 Å². The molecule has 64 heavy (non-hydrogen) atoms. The summed E-state index contributed by atoms with van der Waals surface area (Å²) in [4.78, 5) is 35.7. The molecule has 0 bridgehead atoms. The number of carbonyl (C=O) groups is 2. The molecule has 366 valence electrons. The number of rotatable bonds is 37. The maximum atomic E-state index is 12.8. The van der Waals surface area contributed by atoms with Gasteiger partial charge < -0.3 is 44.6 Å². The molecule has 1 saturated carbocycles. The monoisotopic (exact) mass is 925 g/mol. The molecule has 14 nitrogen and oxygen atoms in total. The fourth-order valence-electron chi connectivity index (χ4n) is 7.00. The number of esters is 2. The summed E-state index contributed by atoms with van der Waals surface area (Å²) in [5.41, 5.74) is 0. The second-order valence-electron chi connectivity index (χ2n) is 16.6. The van der Waals surface area contributed by atoms with Crippen molar-refractivity contribution < 1.29 is 67.8 Å². The Morgan fingerprint density at radius 1 is 0.562 bits per heavy atom. The van der Waals surface area contributed by atoms with Crippen LogP contribution in [-0.2, 0) is 37.4 Å². The van der Waals surface area contributed by atoms with Gasteiger partial charge in [-0.05, 0) is 77.0 Å². The van der Waals surface area contributed by atoms with Gasteiger partial charge in [-0.3, -0.25) is 18.6 Å². The van der Waals surface area contributed by atoms with Crippen LogP contribution in [0.2, 0.25) is 0 Å². The van der Waals surface area contributed by atoms with Gasteiger partial charge in [-0.2, -0.15) is 0 Å². The van der Waals surface area contributed by atoms with E-state index in [0.29, 0.717) is 31.5 Å². The van der Waals surface area contributed by atoms with Gasteiger partial charge in [0.25, 0.3) is 0 Å². The molecule has 1 heterocycles. The molecule has 0 spiro atoms. The van der Waals surface area contributed by atoms with Crippen molar-refractivity contribution in [3.63, 3.8) is 0 Å². The van der Waals surface area contributed by atoms with Crippen LogP contribution in [0.25, 0.3) is 0 Å². The number of ether oxygens (including phenoxy) is 3. The smallest absolute Gasteiger partial charge is 0.462 e. The summed E-state index contributed by atoms with van der Waals surface area (Å²) in [6.45, 7) is 3.09. The highest BCUT2D eigenvalue weighted by atomic mass is 31.2. The van der Waals surface area contributed by atoms with Gasteiger partial charge in [0.05, 0.1) is 18.8 Å². The van der Waals surface area contributed by atoms with Gasteiger partial charge in [-0.15, -0.1) is 0 Å². The Kier molecular flexibility index (Phi) is 31.8. The van der Waals surface area contributed by atoms with Gasteiger partial charge in [0.1, 0.15) is 43.2 Å². The Labute approximate surface area is 382 Å². The topological polar surface area (TPSA) is 222 Å². The maximum Gasteiger partial charge on any atom is 0.472 e. The average molecular weight is 925 g/mol. The van der Waals surface area contributed by atoms with E-state index in [0.717, 1.165) is 70.6 Å². The summed E-state index contributed by atoms with van der Waals surface area (Å²) in [7, 11) is -5.14. The lowest BCUT2D eigenvalue weighted by Crippen LogP contribution is -2.64. The first-order valence-corrected chi connectivity index (χ1v) is 25.4. The molecule has 0 aromatic carbocycles. The van der Waals surface area contributed by atoms with Crippen LogP contribution in [0.3, 0.4) is 0 Å². The van der Waals surface area contributed by atoms with Gasteiger partial charge >= 0.3 is 19.8 Å². The molecule has 10 atom stereocenters. The lowest BCUT2D eigenvalue weighted by molar-refractivity contribution is -0.220. The summed E-state index contributed by atoms with van der Waals surface area (Å²) >= 11 is 0. The Bertz CT molecular complexity index is 1460. The summed E-state index contributed by atoms with van der Waals surface area (Å²) in [6.07, 6.45) is 32.9. The molecule has 2 aliphatic rings. The van der Waals surface area contributed by atoms with Crippen LogP contribution in [0.1, 0.15) is 155 Å². The number of phosphoric ester groups is 1. The first kappa shape index (κ1) is 57.4. The molecule has 2 rings (SSSR count). The van der Waals surface area contributed by atoms with Gasteiger partial charge in [-0.1, -0.05) is 138 Å². The summed E-state index contributed by atoms with van der Waals surface area (Å²) in [5.74, 6) is -1.22. The Hall–Kier alpha value is -2.75. The highest BCUT2D eigenvalue weighted by Crippen LogP contribution is 2.47. The van der Waals surface area contributed by atoms with E-state index < -0.39 is 75.7 Å². The van der Waals surface area contributed by atoms with Gasteiger partial charge in [-0.25, -0.2) is 4.57 Å². The number of aliphatic hydroxyl groups is 5. The van der Waals surface area contributed by atoms with E-state index in [-0.39, 0.29) is 12.8 Å². The number of allylic oxidation sites excluding steroid dienone is 10. The largest absolute Gasteiger partial charge is 0.472 e. The van der Waals surface area contributed by atoms with E-state index in [2.05, 4.69) is 68.5 Å². The van der Waals surface area contributed by atoms with Crippen molar-refractivity contribution in [2.24, 2.45) is 0 Å². The third kappa shape index (κ3) is 27.0. The third-order valence-electron chi connectivity index (χ3n) is 10.9. The summed E-state index contributed by atoms with van der Waals surface area (Å²) < 4.78 is 39.1. The van der Waals surface area contributed by atoms with Gasteiger partial charge in [0, 0.05) is 12.8 Å². The summed E-state index contributed by atoms with van der Waals surface area (Å²) in [6, 6.07) is 0. The first-order chi connectivity index (χ1) is 30.9. The predicted octanol–water partition coefficient (Wildman–Crippen LogP) is 8.49. The van der Waals surface area contributed by atoms with Gasteiger partial charge in [0.15, 0.2) is 6.10 Å². The fourth-order valence-corrected chi connectivity index (χ4v) is 7.97. The zero-order chi connectivity index (χ0) is 46.8. The van der Waals surface area contributed by atoms with Crippen molar-refractivity contribution in [3.8, 4) is 0 Å². The number of epoxide rings is 1. The Balaban J connectivity index is 1.72. The van der Waals surface area contributed by atoms with Crippen LogP contribution >= 0.6 is 7.82 Å². The number of carbonyl (C=O) groups excluding carboxylic acids is 2. The van der Waals surface area contributed by atoms with Crippen molar-refractivity contribution in [1.82, 2.24) is 0 Å². The number of aliphatic hydroxyl groups excluding tert-OH is 5. The van der Waals surface area contributed by atoms with E-state index in [1.807, 2.05) is 18.2 Å². The van der Waals surface area contributed by atoms with E-state index in [9.17, 15) is 44.6 Å². The van der Waals surface area contributed by atoms with Crippen LogP contribution < -0.4 is 0 Å². The summed E-state index contributed by atoms with van der Waals surface area (Å²) in [5, 5.41) is 50.2. The number of hydrogen-bond donors (Lipinski definition) is 6. The Morgan fingerprint density at radius 3 is 1.62 bits per heavy atom. The van der Waals surface area contributed by atoms with E-state index in [1.54, 1.807) is 0 Å². The number of phosphoric acid groups is 1. The van der Waals surface area contributed by atoms with Crippen molar-refractivity contribution in [2.45, 2.75) is 210 Å². The molecule has 1 aliphatic heterocycles. The van der Waals surface area contributed by atoms with Crippen molar-refractivity contribution >= 4 is 19.8 Å². The minimum Gasteiger partial charge on any atom is -0.462 e. The molecular formula is C49H81O14P. The van der Waals surface area contributed by atoms with E-state index in [1.165, 1.54) is 38.5 Å². The number of unbranched alkanes of at least 4 members (excludes halogenated alkanes) is 11. The van der Waals surface area contributed by atoms with Crippen LogP contribution in [0.15, 0.2) is 72.9 Å². The van der Waals surface area contributed by atoms with Crippen LogP contribution in [0, 0.1) is 0 Å². The van der Waals surface area contributed by atoms with Crippen LogP contribution in [0.4, 0.5) is 0 Å². The lowest BCUT2D eigenvalue weighted by Gasteiger charge is -2.41. The number of hydrogen-bond acceptors (Lipinski definition) is 13. The average Bonchev–Trinajstić information content (AvgIpc) is 4.03. The Morgan fingerprint density at radius 2 is 1.05 bits per heavy atom. The molecule has 6 N–H and O–H groups in total. The third-order valence-corrected chi connectivity index (χ3v) is 11.9. The molecule has 5 unspecified atom stereocenters. The molecule has 0 aromatic heterocycles. The standard InChI is InChI=1S/C49H81O14P/c1-3-5-7-8-9-10-11-12-13-14-19-22-25-28-32-36-43(51)61-39(38-60-64(57,58)63-49-47(55)45(53)44(52)46(54)48(49)56)37-59-42(50)35-31-27-24-21-18-16-15-17-20-23-26-30-34-41-40(62-41)33-29-6-4-2/h6,12-13,16-18,20,24,26-27,29-30,39-41,44-49,52-56H,3-5,7-11,14-15,19,21-23,25,28,31-38H2,1-2H3,(H,57,58)/b13-12-,18-16-,20-17-,27-24-,29-6-,30-26-/t39-,40?,41?,44?,45-,46+,47-,48-,49?/m1/s1. The molecule has 15 heteroatoms. The maximum absolute atomic E-state index is 12.8. The first-order valence-electron chi connectivity index (χ1n) is 23.9. The fraction of sp³-hybridized carbons (Fsp3) is 0.714. The molecule has 0 aromatic rings. The zero-order valence-electron chi connectivity index (χ0n) is 38.5. The van der Waals surface area contributed by atoms with Crippen LogP contribution in [-0.4, -0.2) is 111 Å². The van der Waals surface area contributed by atoms with Crippen LogP contribution in [0.5, 0.6) is 0 Å².